The third-order valence-electron chi connectivity index (χ3n) is 2.46. The van der Waals surface area contributed by atoms with Crippen molar-refractivity contribution in [1.29, 1.82) is 0 Å². The molecule has 3 heteroatoms. The molecule has 2 saturated heterocycles. The van der Waals surface area contributed by atoms with Gasteiger partial charge in [0, 0.05) is 0 Å². The van der Waals surface area contributed by atoms with Crippen molar-refractivity contribution in [2.24, 2.45) is 0 Å². The van der Waals surface area contributed by atoms with Crippen molar-refractivity contribution in [2.45, 2.75) is 51.3 Å². The average Bonchev–Trinajstić information content (AvgIpc) is 2.42. The molecule has 2 heterocycles. The molecule has 12 heavy (non-hydrogen) atoms. The van der Waals surface area contributed by atoms with E-state index >= 15 is 0 Å². The van der Waals surface area contributed by atoms with E-state index < -0.39 is 5.79 Å². The van der Waals surface area contributed by atoms with E-state index in [1.165, 1.54) is 0 Å². The van der Waals surface area contributed by atoms with Gasteiger partial charge in [-0.1, -0.05) is 6.92 Å². The van der Waals surface area contributed by atoms with Gasteiger partial charge in [0.2, 0.25) is 0 Å². The molecule has 0 bridgehead atoms. The second-order valence-corrected chi connectivity index (χ2v) is 3.92. The van der Waals surface area contributed by atoms with Crippen molar-refractivity contribution in [1.82, 2.24) is 0 Å². The highest BCUT2D eigenvalue weighted by molar-refractivity contribution is 4.91. The van der Waals surface area contributed by atoms with E-state index in [0.29, 0.717) is 6.61 Å². The smallest absolute Gasteiger partial charge is 0.164 e. The van der Waals surface area contributed by atoms with Crippen LogP contribution in [0.4, 0.5) is 0 Å². The second kappa shape index (κ2) is 2.69. The van der Waals surface area contributed by atoms with Crippen LogP contribution in [0.15, 0.2) is 0 Å². The topological polar surface area (TPSA) is 27.7 Å². The van der Waals surface area contributed by atoms with Gasteiger partial charge in [-0.3, -0.25) is 0 Å². The first kappa shape index (κ1) is 8.48. The Balaban J connectivity index is 2.06. The fourth-order valence-corrected chi connectivity index (χ4v) is 1.97. The maximum Gasteiger partial charge on any atom is 0.164 e. The molecule has 2 aliphatic heterocycles. The minimum atomic E-state index is -0.410. The summed E-state index contributed by atoms with van der Waals surface area (Å²) in [5.41, 5.74) is 0. The van der Waals surface area contributed by atoms with E-state index in [-0.39, 0.29) is 18.3 Å². The van der Waals surface area contributed by atoms with E-state index in [0.717, 1.165) is 6.42 Å². The molecule has 3 atom stereocenters. The second-order valence-electron chi connectivity index (χ2n) is 3.92. The summed E-state index contributed by atoms with van der Waals surface area (Å²) in [5, 5.41) is 0. The van der Waals surface area contributed by atoms with Crippen LogP contribution in [0.3, 0.4) is 0 Å². The lowest BCUT2D eigenvalue weighted by Crippen LogP contribution is -2.28. The van der Waals surface area contributed by atoms with Gasteiger partial charge in [0.05, 0.1) is 12.7 Å². The van der Waals surface area contributed by atoms with Crippen molar-refractivity contribution in [3.8, 4) is 0 Å². The Morgan fingerprint density at radius 3 is 2.75 bits per heavy atom. The molecule has 2 fully saturated rings. The zero-order valence-corrected chi connectivity index (χ0v) is 7.87. The molecular weight excluding hydrogens is 156 g/mol. The molecule has 0 spiro atoms. The molecule has 0 saturated carbocycles. The Morgan fingerprint density at radius 1 is 1.33 bits per heavy atom. The highest BCUT2D eigenvalue weighted by Gasteiger charge is 2.49. The van der Waals surface area contributed by atoms with Gasteiger partial charge in [0.1, 0.15) is 12.2 Å². The van der Waals surface area contributed by atoms with Crippen LogP contribution >= 0.6 is 0 Å². The van der Waals surface area contributed by atoms with Crippen molar-refractivity contribution < 1.29 is 14.2 Å². The van der Waals surface area contributed by atoms with Crippen LogP contribution in [0, 0.1) is 0 Å². The highest BCUT2D eigenvalue weighted by atomic mass is 16.8. The Kier molecular flexibility index (Phi) is 1.90. The van der Waals surface area contributed by atoms with E-state index in [4.69, 9.17) is 14.2 Å². The molecule has 0 radical (unpaired) electrons. The number of hydrogen-bond acceptors (Lipinski definition) is 3. The van der Waals surface area contributed by atoms with Gasteiger partial charge in [-0.15, -0.1) is 0 Å². The summed E-state index contributed by atoms with van der Waals surface area (Å²) >= 11 is 0. The maximum absolute atomic E-state index is 5.73. The lowest BCUT2D eigenvalue weighted by atomic mass is 10.1. The SMILES string of the molecule is CCC1OCC2OC(C)(C)OC12. The summed E-state index contributed by atoms with van der Waals surface area (Å²) in [4.78, 5) is 0. The van der Waals surface area contributed by atoms with Crippen LogP contribution in [0.2, 0.25) is 0 Å². The van der Waals surface area contributed by atoms with Crippen molar-refractivity contribution in [3.63, 3.8) is 0 Å². The summed E-state index contributed by atoms with van der Waals surface area (Å²) in [6, 6.07) is 0. The zero-order chi connectivity index (χ0) is 8.77. The molecule has 0 aromatic heterocycles. The third kappa shape index (κ3) is 1.26. The highest BCUT2D eigenvalue weighted by Crippen LogP contribution is 2.35. The van der Waals surface area contributed by atoms with Crippen LogP contribution in [-0.4, -0.2) is 30.7 Å². The van der Waals surface area contributed by atoms with Gasteiger partial charge < -0.3 is 14.2 Å². The summed E-state index contributed by atoms with van der Waals surface area (Å²) in [6.07, 6.45) is 1.55. The lowest BCUT2D eigenvalue weighted by molar-refractivity contribution is -0.175. The Labute approximate surface area is 73.0 Å². The molecule has 0 amide bonds. The van der Waals surface area contributed by atoms with Gasteiger partial charge in [-0.05, 0) is 20.3 Å². The minimum absolute atomic E-state index is 0.157. The van der Waals surface area contributed by atoms with Crippen LogP contribution in [-0.2, 0) is 14.2 Å². The molecule has 0 aromatic rings. The third-order valence-corrected chi connectivity index (χ3v) is 2.46. The molecule has 2 rings (SSSR count). The predicted octanol–water partition coefficient (Wildman–Crippen LogP) is 1.32. The van der Waals surface area contributed by atoms with Crippen molar-refractivity contribution in [2.75, 3.05) is 6.61 Å². The van der Waals surface area contributed by atoms with Crippen molar-refractivity contribution in [3.05, 3.63) is 0 Å². The molecule has 2 aliphatic rings. The van der Waals surface area contributed by atoms with Gasteiger partial charge in [-0.2, -0.15) is 0 Å². The largest absolute Gasteiger partial charge is 0.373 e. The average molecular weight is 172 g/mol. The van der Waals surface area contributed by atoms with Gasteiger partial charge >= 0.3 is 0 Å². The Bertz CT molecular complexity index is 179. The first-order valence-corrected chi connectivity index (χ1v) is 4.59. The van der Waals surface area contributed by atoms with Crippen LogP contribution < -0.4 is 0 Å². The van der Waals surface area contributed by atoms with Gasteiger partial charge in [0.25, 0.3) is 0 Å². The number of hydrogen-bond donors (Lipinski definition) is 0. The van der Waals surface area contributed by atoms with Crippen LogP contribution in [0.5, 0.6) is 0 Å². The van der Waals surface area contributed by atoms with E-state index in [9.17, 15) is 0 Å². The molecule has 0 aliphatic carbocycles. The number of rotatable bonds is 1. The Hall–Kier alpha value is -0.120. The van der Waals surface area contributed by atoms with Gasteiger partial charge in [0.15, 0.2) is 5.79 Å². The molecule has 3 unspecified atom stereocenters. The monoisotopic (exact) mass is 172 g/mol. The van der Waals surface area contributed by atoms with Crippen molar-refractivity contribution >= 4 is 0 Å². The number of ether oxygens (including phenoxy) is 3. The maximum atomic E-state index is 5.73. The van der Waals surface area contributed by atoms with Crippen LogP contribution in [0.1, 0.15) is 27.2 Å². The van der Waals surface area contributed by atoms with E-state index in [1.807, 2.05) is 13.8 Å². The normalized spacial score (nSPS) is 44.8. The standard InChI is InChI=1S/C9H16O3/c1-4-6-8-7(5-10-6)11-9(2,3)12-8/h6-8H,4-5H2,1-3H3. The summed E-state index contributed by atoms with van der Waals surface area (Å²) in [6.45, 7) is 6.71. The van der Waals surface area contributed by atoms with Crippen LogP contribution in [0.25, 0.3) is 0 Å². The first-order valence-electron chi connectivity index (χ1n) is 4.59. The first-order chi connectivity index (χ1) is 5.62. The fraction of sp³-hybridized carbons (Fsp3) is 1.00. The summed E-state index contributed by atoms with van der Waals surface area (Å²) in [7, 11) is 0. The predicted molar refractivity (Wildman–Crippen MR) is 43.9 cm³/mol. The summed E-state index contributed by atoms with van der Waals surface area (Å²) in [5.74, 6) is -0.410. The molecule has 0 aromatic carbocycles. The minimum Gasteiger partial charge on any atom is -0.373 e. The molecule has 0 N–H and O–H groups in total. The zero-order valence-electron chi connectivity index (χ0n) is 7.87. The van der Waals surface area contributed by atoms with E-state index in [2.05, 4.69) is 6.92 Å². The molecular formula is C9H16O3. The molecule has 3 nitrogen and oxygen atoms in total. The summed E-state index contributed by atoms with van der Waals surface area (Å²) < 4.78 is 16.9. The Morgan fingerprint density at radius 2 is 2.08 bits per heavy atom. The van der Waals surface area contributed by atoms with E-state index in [1.54, 1.807) is 0 Å². The lowest BCUT2D eigenvalue weighted by Gasteiger charge is -2.20. The quantitative estimate of drug-likeness (QED) is 0.597. The van der Waals surface area contributed by atoms with Gasteiger partial charge in [-0.25, -0.2) is 0 Å². The fourth-order valence-electron chi connectivity index (χ4n) is 1.97. The number of fused-ring (bicyclic) bond motifs is 1. The molecule has 70 valence electrons.